The Labute approximate surface area is 269 Å². The number of thiophene rings is 1. The molecule has 0 bridgehead atoms. The summed E-state index contributed by atoms with van der Waals surface area (Å²) in [5.41, 5.74) is 4.23. The maximum atomic E-state index is 13.4. The lowest BCUT2D eigenvalue weighted by molar-refractivity contribution is 0.0990. The van der Waals surface area contributed by atoms with Gasteiger partial charge in [0, 0.05) is 32.3 Å². The number of carbonyl (C=O) groups is 2. The molecule has 1 heterocycles. The summed E-state index contributed by atoms with van der Waals surface area (Å²) >= 11 is 1.70. The minimum Gasteiger partial charge on any atom is -0.301 e. The molecule has 0 aliphatic heterocycles. The zero-order valence-electron chi connectivity index (χ0n) is 24.6. The zero-order chi connectivity index (χ0) is 30.8. The van der Waals surface area contributed by atoms with Crippen LogP contribution in [0.5, 0.6) is 0 Å². The number of rotatable bonds is 4. The van der Waals surface area contributed by atoms with Gasteiger partial charge in [0.05, 0.1) is 11.3 Å². The molecular formula is C42H25NO2S. The van der Waals surface area contributed by atoms with Crippen LogP contribution in [0.3, 0.4) is 0 Å². The second-order valence-electron chi connectivity index (χ2n) is 11.7. The molecule has 0 amide bonds. The Kier molecular flexibility index (Phi) is 5.99. The van der Waals surface area contributed by atoms with Crippen LogP contribution in [0, 0.1) is 0 Å². The molecule has 0 atom stereocenters. The number of hydrogen-bond donors (Lipinski definition) is 0. The standard InChI is InChI=1S/C42H25NO2S/c44-41-35-23-27-10-4-5-11-28(27)24-36(35)42(45)37(41)20-26-18-19-31-25-39(46-38(31)21-26)43(32-14-2-1-3-15-32)40-33-16-8-6-12-29(33)22-30-13-7-9-17-34(30)40/h1-25H. The molecule has 0 saturated heterocycles. The Morgan fingerprint density at radius 2 is 1.07 bits per heavy atom. The smallest absolute Gasteiger partial charge is 0.197 e. The van der Waals surface area contributed by atoms with Crippen LogP contribution in [-0.2, 0) is 0 Å². The molecule has 0 radical (unpaired) electrons. The zero-order valence-corrected chi connectivity index (χ0v) is 25.4. The highest BCUT2D eigenvalue weighted by Crippen LogP contribution is 2.47. The van der Waals surface area contributed by atoms with Crippen LogP contribution in [0.15, 0.2) is 151 Å². The highest BCUT2D eigenvalue weighted by molar-refractivity contribution is 7.23. The lowest BCUT2D eigenvalue weighted by Crippen LogP contribution is -2.09. The fourth-order valence-electron chi connectivity index (χ4n) is 6.71. The summed E-state index contributed by atoms with van der Waals surface area (Å²) in [5.74, 6) is -0.424. The van der Waals surface area contributed by atoms with E-state index < -0.39 is 0 Å². The monoisotopic (exact) mass is 607 g/mol. The average molecular weight is 608 g/mol. The number of benzene rings is 7. The number of allylic oxidation sites excluding steroid dienone is 1. The molecule has 0 fully saturated rings. The normalized spacial score (nSPS) is 12.8. The van der Waals surface area contributed by atoms with Gasteiger partial charge in [0.1, 0.15) is 5.00 Å². The predicted octanol–water partition coefficient (Wildman–Crippen LogP) is 11.3. The van der Waals surface area contributed by atoms with Gasteiger partial charge in [0.2, 0.25) is 0 Å². The third kappa shape index (κ3) is 4.19. The van der Waals surface area contributed by atoms with Crippen molar-refractivity contribution >= 4 is 87.8 Å². The molecule has 8 aromatic rings. The molecular weight excluding hydrogens is 583 g/mol. The lowest BCUT2D eigenvalue weighted by Gasteiger charge is -2.27. The third-order valence-corrected chi connectivity index (χ3v) is 9.99. The van der Waals surface area contributed by atoms with Crippen molar-refractivity contribution in [3.05, 3.63) is 168 Å². The molecule has 1 aliphatic carbocycles. The molecule has 4 heteroatoms. The van der Waals surface area contributed by atoms with Crippen molar-refractivity contribution in [2.45, 2.75) is 0 Å². The minimum absolute atomic E-state index is 0.212. The number of carbonyl (C=O) groups excluding carboxylic acids is 2. The van der Waals surface area contributed by atoms with Crippen LogP contribution in [0.25, 0.3) is 48.5 Å². The first-order valence-electron chi connectivity index (χ1n) is 15.3. The number of fused-ring (bicyclic) bond motifs is 5. The van der Waals surface area contributed by atoms with Crippen molar-refractivity contribution in [3.8, 4) is 0 Å². The SMILES string of the molecule is O=C1C(=Cc2ccc3cc(N(c4ccccc4)c4c5ccccc5cc5ccccc45)sc3c2)C(=O)c2cc3ccccc3cc21. The van der Waals surface area contributed by atoms with Crippen molar-refractivity contribution in [3.63, 3.8) is 0 Å². The molecule has 216 valence electrons. The van der Waals surface area contributed by atoms with Gasteiger partial charge in [-0.3, -0.25) is 9.59 Å². The lowest BCUT2D eigenvalue weighted by atomic mass is 9.99. The third-order valence-electron chi connectivity index (χ3n) is 8.91. The van der Waals surface area contributed by atoms with Gasteiger partial charge in [0.25, 0.3) is 0 Å². The number of nitrogens with zero attached hydrogens (tertiary/aromatic N) is 1. The van der Waals surface area contributed by atoms with E-state index in [1.165, 1.54) is 21.5 Å². The van der Waals surface area contributed by atoms with Gasteiger partial charge in [-0.05, 0) is 81.0 Å². The van der Waals surface area contributed by atoms with E-state index in [2.05, 4.69) is 102 Å². The van der Waals surface area contributed by atoms with Crippen LogP contribution < -0.4 is 4.90 Å². The first-order valence-corrected chi connectivity index (χ1v) is 16.1. The summed E-state index contributed by atoms with van der Waals surface area (Å²) in [6.07, 6.45) is 1.75. The Morgan fingerprint density at radius 3 is 1.70 bits per heavy atom. The van der Waals surface area contributed by atoms with E-state index >= 15 is 0 Å². The van der Waals surface area contributed by atoms with Gasteiger partial charge in [-0.1, -0.05) is 103 Å². The molecule has 7 aromatic carbocycles. The molecule has 1 aromatic heterocycles. The molecule has 0 N–H and O–H groups in total. The summed E-state index contributed by atoms with van der Waals surface area (Å²) in [4.78, 5) is 29.3. The summed E-state index contributed by atoms with van der Waals surface area (Å²) < 4.78 is 1.08. The number of para-hydroxylation sites is 1. The van der Waals surface area contributed by atoms with Crippen LogP contribution in [0.2, 0.25) is 0 Å². The predicted molar refractivity (Wildman–Crippen MR) is 192 cm³/mol. The number of anilines is 3. The van der Waals surface area contributed by atoms with E-state index in [-0.39, 0.29) is 17.1 Å². The van der Waals surface area contributed by atoms with Crippen LogP contribution in [0.4, 0.5) is 16.4 Å². The maximum absolute atomic E-state index is 13.4. The van der Waals surface area contributed by atoms with Crippen molar-refractivity contribution in [2.75, 3.05) is 4.90 Å². The molecule has 0 unspecified atom stereocenters. The molecule has 3 nitrogen and oxygen atoms in total. The van der Waals surface area contributed by atoms with Gasteiger partial charge in [-0.25, -0.2) is 0 Å². The van der Waals surface area contributed by atoms with Crippen LogP contribution >= 0.6 is 11.3 Å². The van der Waals surface area contributed by atoms with Gasteiger partial charge >= 0.3 is 0 Å². The fraction of sp³-hybridized carbons (Fsp3) is 0. The van der Waals surface area contributed by atoms with Crippen LogP contribution in [0.1, 0.15) is 26.3 Å². The van der Waals surface area contributed by atoms with E-state index in [0.717, 1.165) is 42.8 Å². The molecule has 9 rings (SSSR count). The van der Waals surface area contributed by atoms with E-state index in [4.69, 9.17) is 0 Å². The van der Waals surface area contributed by atoms with Crippen molar-refractivity contribution < 1.29 is 9.59 Å². The molecule has 46 heavy (non-hydrogen) atoms. The van der Waals surface area contributed by atoms with E-state index in [0.29, 0.717) is 11.1 Å². The molecule has 1 aliphatic rings. The Morgan fingerprint density at radius 1 is 0.500 bits per heavy atom. The van der Waals surface area contributed by atoms with Gasteiger partial charge < -0.3 is 4.90 Å². The number of ketones is 2. The molecule has 0 spiro atoms. The van der Waals surface area contributed by atoms with Crippen molar-refractivity contribution in [2.24, 2.45) is 0 Å². The van der Waals surface area contributed by atoms with Crippen LogP contribution in [-0.4, -0.2) is 11.6 Å². The quantitative estimate of drug-likeness (QED) is 0.113. The first kappa shape index (κ1) is 26.6. The van der Waals surface area contributed by atoms with Gasteiger partial charge in [-0.2, -0.15) is 0 Å². The van der Waals surface area contributed by atoms with E-state index in [1.807, 2.05) is 48.5 Å². The number of hydrogen-bond acceptors (Lipinski definition) is 4. The van der Waals surface area contributed by atoms with Gasteiger partial charge in [0.15, 0.2) is 11.6 Å². The summed E-state index contributed by atoms with van der Waals surface area (Å²) in [7, 11) is 0. The Balaban J connectivity index is 1.18. The minimum atomic E-state index is -0.212. The average Bonchev–Trinajstić information content (AvgIpc) is 3.61. The van der Waals surface area contributed by atoms with E-state index in [9.17, 15) is 9.59 Å². The maximum Gasteiger partial charge on any atom is 0.197 e. The Bertz CT molecular complexity index is 2470. The van der Waals surface area contributed by atoms with Crippen molar-refractivity contribution in [1.29, 1.82) is 0 Å². The summed E-state index contributed by atoms with van der Waals surface area (Å²) in [6.45, 7) is 0. The molecule has 0 saturated carbocycles. The highest BCUT2D eigenvalue weighted by Gasteiger charge is 2.33. The largest absolute Gasteiger partial charge is 0.301 e. The summed E-state index contributed by atoms with van der Waals surface area (Å²) in [5, 5.41) is 8.83. The highest BCUT2D eigenvalue weighted by atomic mass is 32.1. The second kappa shape index (κ2) is 10.4. The second-order valence-corrected chi connectivity index (χ2v) is 12.7. The Hall–Kier alpha value is -5.84. The fourth-order valence-corrected chi connectivity index (χ4v) is 7.85. The topological polar surface area (TPSA) is 37.4 Å². The van der Waals surface area contributed by atoms with E-state index in [1.54, 1.807) is 17.4 Å². The number of Topliss-reactive ketones (excluding diaryl/α,β-unsaturated/α-hetero) is 2. The summed E-state index contributed by atoms with van der Waals surface area (Å²) in [6, 6.07) is 49.7. The van der Waals surface area contributed by atoms with Crippen molar-refractivity contribution in [1.82, 2.24) is 0 Å². The first-order chi connectivity index (χ1) is 22.6. The van der Waals surface area contributed by atoms with Gasteiger partial charge in [-0.15, -0.1) is 11.3 Å².